The van der Waals surface area contributed by atoms with Crippen LogP contribution >= 0.6 is 0 Å². The lowest BCUT2D eigenvalue weighted by Gasteiger charge is -2.21. The maximum Gasteiger partial charge on any atom is 0.161 e. The van der Waals surface area contributed by atoms with Crippen LogP contribution in [0.5, 0.6) is 11.5 Å². The van der Waals surface area contributed by atoms with E-state index in [1.165, 1.54) is 0 Å². The van der Waals surface area contributed by atoms with Gasteiger partial charge in [-0.1, -0.05) is 6.07 Å². The van der Waals surface area contributed by atoms with E-state index in [0.29, 0.717) is 13.2 Å². The molecular formula is C13H16N4O2. The standard InChI is InChI=1S/C13H16N4O2/c1-17-5-4-10(16-17)13(15-14)9-2-3-11-12(8-9)19-7-6-18-11/h2-5,8,13,15H,6-7,14H2,1H3. The van der Waals surface area contributed by atoms with Gasteiger partial charge in [0.05, 0.1) is 11.7 Å². The number of nitrogens with zero attached hydrogens (tertiary/aromatic N) is 2. The SMILES string of the molecule is Cn1ccc(C(NN)c2ccc3c(c2)OCCO3)n1. The molecule has 1 atom stereocenters. The molecule has 19 heavy (non-hydrogen) atoms. The highest BCUT2D eigenvalue weighted by molar-refractivity contribution is 5.45. The van der Waals surface area contributed by atoms with E-state index in [-0.39, 0.29) is 6.04 Å². The number of nitrogens with one attached hydrogen (secondary N) is 1. The van der Waals surface area contributed by atoms with E-state index in [1.54, 1.807) is 4.68 Å². The molecule has 6 nitrogen and oxygen atoms in total. The molecule has 2 heterocycles. The predicted molar refractivity (Wildman–Crippen MR) is 69.8 cm³/mol. The summed E-state index contributed by atoms with van der Waals surface area (Å²) in [5, 5.41) is 4.37. The monoisotopic (exact) mass is 260 g/mol. The van der Waals surface area contributed by atoms with Crippen molar-refractivity contribution < 1.29 is 9.47 Å². The third-order valence-corrected chi connectivity index (χ3v) is 3.10. The number of aryl methyl sites for hydroxylation is 1. The first-order chi connectivity index (χ1) is 9.28. The number of benzene rings is 1. The number of hydrazine groups is 1. The summed E-state index contributed by atoms with van der Waals surface area (Å²) in [6.45, 7) is 1.16. The minimum atomic E-state index is -0.169. The Morgan fingerprint density at radius 1 is 1.26 bits per heavy atom. The lowest BCUT2D eigenvalue weighted by molar-refractivity contribution is 0.171. The molecule has 1 aliphatic rings. The van der Waals surface area contributed by atoms with Crippen molar-refractivity contribution in [2.75, 3.05) is 13.2 Å². The van der Waals surface area contributed by atoms with E-state index >= 15 is 0 Å². The van der Waals surface area contributed by atoms with Crippen molar-refractivity contribution in [1.82, 2.24) is 15.2 Å². The molecule has 100 valence electrons. The van der Waals surface area contributed by atoms with E-state index in [0.717, 1.165) is 22.8 Å². The highest BCUT2D eigenvalue weighted by atomic mass is 16.6. The largest absolute Gasteiger partial charge is 0.486 e. The van der Waals surface area contributed by atoms with Gasteiger partial charge in [-0.25, -0.2) is 5.43 Å². The Morgan fingerprint density at radius 2 is 2.05 bits per heavy atom. The zero-order valence-corrected chi connectivity index (χ0v) is 10.7. The van der Waals surface area contributed by atoms with Crippen LogP contribution in [-0.4, -0.2) is 23.0 Å². The Labute approximate surface area is 111 Å². The van der Waals surface area contributed by atoms with E-state index < -0.39 is 0 Å². The summed E-state index contributed by atoms with van der Waals surface area (Å²) in [6, 6.07) is 7.57. The van der Waals surface area contributed by atoms with Gasteiger partial charge in [0.1, 0.15) is 13.2 Å². The summed E-state index contributed by atoms with van der Waals surface area (Å²) in [5.74, 6) is 7.17. The van der Waals surface area contributed by atoms with Crippen LogP contribution < -0.4 is 20.7 Å². The maximum absolute atomic E-state index is 5.65. The normalized spacial score (nSPS) is 15.3. The van der Waals surface area contributed by atoms with Crippen molar-refractivity contribution in [2.45, 2.75) is 6.04 Å². The molecule has 1 aromatic heterocycles. The summed E-state index contributed by atoms with van der Waals surface area (Å²) in [7, 11) is 1.88. The highest BCUT2D eigenvalue weighted by Crippen LogP contribution is 2.33. The minimum absolute atomic E-state index is 0.169. The molecule has 0 radical (unpaired) electrons. The number of aromatic nitrogens is 2. The number of hydrogen-bond donors (Lipinski definition) is 2. The summed E-state index contributed by atoms with van der Waals surface area (Å²) in [5.41, 5.74) is 4.64. The molecule has 3 N–H and O–H groups in total. The molecule has 1 aliphatic heterocycles. The molecule has 0 fully saturated rings. The van der Waals surface area contributed by atoms with Gasteiger partial charge in [0, 0.05) is 13.2 Å². The molecule has 1 aromatic carbocycles. The average Bonchev–Trinajstić information content (AvgIpc) is 2.86. The van der Waals surface area contributed by atoms with E-state index in [1.807, 2.05) is 37.5 Å². The third-order valence-electron chi connectivity index (χ3n) is 3.10. The van der Waals surface area contributed by atoms with Gasteiger partial charge in [0.15, 0.2) is 11.5 Å². The highest BCUT2D eigenvalue weighted by Gasteiger charge is 2.19. The predicted octanol–water partition coefficient (Wildman–Crippen LogP) is 0.744. The quantitative estimate of drug-likeness (QED) is 0.629. The molecule has 0 amide bonds. The van der Waals surface area contributed by atoms with Crippen LogP contribution in [0.15, 0.2) is 30.5 Å². The van der Waals surface area contributed by atoms with Gasteiger partial charge in [-0.15, -0.1) is 0 Å². The molecule has 1 unspecified atom stereocenters. The second-order valence-corrected chi connectivity index (χ2v) is 4.42. The van der Waals surface area contributed by atoms with E-state index in [2.05, 4.69) is 10.5 Å². The van der Waals surface area contributed by atoms with Crippen LogP contribution in [0.4, 0.5) is 0 Å². The molecule has 2 aromatic rings. The topological polar surface area (TPSA) is 74.3 Å². The van der Waals surface area contributed by atoms with E-state index in [9.17, 15) is 0 Å². The Balaban J connectivity index is 1.95. The van der Waals surface area contributed by atoms with Crippen LogP contribution in [0, 0.1) is 0 Å². The van der Waals surface area contributed by atoms with Crippen LogP contribution in [0.2, 0.25) is 0 Å². The summed E-state index contributed by atoms with van der Waals surface area (Å²) in [6.07, 6.45) is 1.89. The summed E-state index contributed by atoms with van der Waals surface area (Å²) >= 11 is 0. The van der Waals surface area contributed by atoms with Crippen molar-refractivity contribution in [3.63, 3.8) is 0 Å². The van der Waals surface area contributed by atoms with Gasteiger partial charge in [-0.2, -0.15) is 5.10 Å². The first-order valence-electron chi connectivity index (χ1n) is 6.13. The molecule has 0 bridgehead atoms. The van der Waals surface area contributed by atoms with Crippen LogP contribution in [0.3, 0.4) is 0 Å². The minimum Gasteiger partial charge on any atom is -0.486 e. The molecule has 0 saturated carbocycles. The lowest BCUT2D eigenvalue weighted by Crippen LogP contribution is -2.29. The van der Waals surface area contributed by atoms with Crippen molar-refractivity contribution in [3.05, 3.63) is 41.7 Å². The van der Waals surface area contributed by atoms with Gasteiger partial charge in [0.2, 0.25) is 0 Å². The van der Waals surface area contributed by atoms with Crippen LogP contribution in [-0.2, 0) is 7.05 Å². The first kappa shape index (κ1) is 12.0. The Morgan fingerprint density at radius 3 is 2.74 bits per heavy atom. The number of nitrogens with two attached hydrogens (primary N) is 1. The van der Waals surface area contributed by atoms with Crippen molar-refractivity contribution in [3.8, 4) is 11.5 Å². The second-order valence-electron chi connectivity index (χ2n) is 4.42. The fourth-order valence-corrected chi connectivity index (χ4v) is 2.18. The summed E-state index contributed by atoms with van der Waals surface area (Å²) in [4.78, 5) is 0. The fourth-order valence-electron chi connectivity index (χ4n) is 2.18. The van der Waals surface area contributed by atoms with Gasteiger partial charge < -0.3 is 9.47 Å². The first-order valence-corrected chi connectivity index (χ1v) is 6.13. The third kappa shape index (κ3) is 2.27. The molecular weight excluding hydrogens is 244 g/mol. The average molecular weight is 260 g/mol. The van der Waals surface area contributed by atoms with Gasteiger partial charge in [-0.05, 0) is 23.8 Å². The number of rotatable bonds is 3. The van der Waals surface area contributed by atoms with Gasteiger partial charge in [0.25, 0.3) is 0 Å². The Hall–Kier alpha value is -2.05. The number of fused-ring (bicyclic) bond motifs is 1. The Kier molecular flexibility index (Phi) is 3.10. The lowest BCUT2D eigenvalue weighted by atomic mass is 10.0. The van der Waals surface area contributed by atoms with Crippen LogP contribution in [0.1, 0.15) is 17.3 Å². The second kappa shape index (κ2) is 4.91. The fraction of sp³-hybridized carbons (Fsp3) is 0.308. The van der Waals surface area contributed by atoms with Crippen molar-refractivity contribution >= 4 is 0 Å². The molecule has 0 aliphatic carbocycles. The molecule has 6 heteroatoms. The van der Waals surface area contributed by atoms with Crippen LogP contribution in [0.25, 0.3) is 0 Å². The van der Waals surface area contributed by atoms with Crippen molar-refractivity contribution in [2.24, 2.45) is 12.9 Å². The molecule has 0 saturated heterocycles. The summed E-state index contributed by atoms with van der Waals surface area (Å²) < 4.78 is 12.8. The van der Waals surface area contributed by atoms with Gasteiger partial charge >= 0.3 is 0 Å². The van der Waals surface area contributed by atoms with Gasteiger partial charge in [-0.3, -0.25) is 10.5 Å². The Bertz CT molecular complexity index is 582. The van der Waals surface area contributed by atoms with Crippen molar-refractivity contribution in [1.29, 1.82) is 0 Å². The van der Waals surface area contributed by atoms with E-state index in [4.69, 9.17) is 15.3 Å². The molecule has 0 spiro atoms. The smallest absolute Gasteiger partial charge is 0.161 e. The maximum atomic E-state index is 5.65. The number of hydrogen-bond acceptors (Lipinski definition) is 5. The zero-order chi connectivity index (χ0) is 13.2. The number of ether oxygens (including phenoxy) is 2. The molecule has 3 rings (SSSR count). The zero-order valence-electron chi connectivity index (χ0n) is 10.7.